The standard InChI is InChI=1S/C17H21ClN4/c1-12-11-16(21-17(19)20-12)22-10-6-2-3-9-15(22)13-7-4-5-8-14(13)18/h4-5,7-8,11,15H,2-3,6,9-10H2,1H3,(H2,19,20,21)/t15-/m0/s1. The minimum atomic E-state index is 0.241. The van der Waals surface area contributed by atoms with Gasteiger partial charge in [-0.15, -0.1) is 0 Å². The summed E-state index contributed by atoms with van der Waals surface area (Å²) in [7, 11) is 0. The molecule has 0 radical (unpaired) electrons. The van der Waals surface area contributed by atoms with Crippen molar-refractivity contribution < 1.29 is 0 Å². The largest absolute Gasteiger partial charge is 0.368 e. The summed E-state index contributed by atoms with van der Waals surface area (Å²) in [5, 5.41) is 0.818. The predicted molar refractivity (Wildman–Crippen MR) is 91.2 cm³/mol. The van der Waals surface area contributed by atoms with Gasteiger partial charge in [0.15, 0.2) is 0 Å². The Morgan fingerprint density at radius 1 is 1.18 bits per heavy atom. The highest BCUT2D eigenvalue weighted by Crippen LogP contribution is 2.36. The summed E-state index contributed by atoms with van der Waals surface area (Å²) in [6.07, 6.45) is 4.67. The van der Waals surface area contributed by atoms with E-state index in [1.807, 2.05) is 31.2 Å². The molecule has 5 heteroatoms. The number of aromatic nitrogens is 2. The zero-order valence-electron chi connectivity index (χ0n) is 12.8. The van der Waals surface area contributed by atoms with Crippen LogP contribution in [0.1, 0.15) is 43.0 Å². The molecule has 4 nitrogen and oxygen atoms in total. The Kier molecular flexibility index (Phi) is 4.48. The van der Waals surface area contributed by atoms with Crippen molar-refractivity contribution in [2.24, 2.45) is 0 Å². The lowest BCUT2D eigenvalue weighted by Gasteiger charge is -2.32. The molecule has 0 aliphatic carbocycles. The fourth-order valence-corrected chi connectivity index (χ4v) is 3.43. The van der Waals surface area contributed by atoms with Crippen LogP contribution in [0, 0.1) is 6.92 Å². The third-order valence-electron chi connectivity index (χ3n) is 4.17. The number of hydrogen-bond donors (Lipinski definition) is 1. The molecule has 22 heavy (non-hydrogen) atoms. The number of nitrogen functional groups attached to an aromatic ring is 1. The number of benzene rings is 1. The van der Waals surface area contributed by atoms with Crippen LogP contribution in [0.4, 0.5) is 11.8 Å². The van der Waals surface area contributed by atoms with E-state index in [-0.39, 0.29) is 6.04 Å². The maximum Gasteiger partial charge on any atom is 0.222 e. The van der Waals surface area contributed by atoms with E-state index in [1.165, 1.54) is 18.4 Å². The first-order valence-electron chi connectivity index (χ1n) is 7.77. The normalized spacial score (nSPS) is 19.0. The second-order valence-electron chi connectivity index (χ2n) is 5.81. The Labute approximate surface area is 136 Å². The minimum Gasteiger partial charge on any atom is -0.368 e. The summed E-state index contributed by atoms with van der Waals surface area (Å²) in [6, 6.07) is 10.3. The lowest BCUT2D eigenvalue weighted by Crippen LogP contribution is -2.29. The van der Waals surface area contributed by atoms with E-state index < -0.39 is 0 Å². The molecule has 0 spiro atoms. The molecule has 2 aromatic rings. The minimum absolute atomic E-state index is 0.241. The van der Waals surface area contributed by atoms with Gasteiger partial charge < -0.3 is 10.6 Å². The van der Waals surface area contributed by atoms with Crippen LogP contribution in [0.2, 0.25) is 5.02 Å². The molecule has 0 amide bonds. The van der Waals surface area contributed by atoms with Crippen LogP contribution < -0.4 is 10.6 Å². The first kappa shape index (κ1) is 15.1. The Balaban J connectivity index is 2.03. The van der Waals surface area contributed by atoms with E-state index in [0.29, 0.717) is 5.95 Å². The van der Waals surface area contributed by atoms with Gasteiger partial charge in [-0.25, -0.2) is 4.98 Å². The highest BCUT2D eigenvalue weighted by atomic mass is 35.5. The predicted octanol–water partition coefficient (Wildman–Crippen LogP) is 4.14. The van der Waals surface area contributed by atoms with Crippen molar-refractivity contribution in [3.8, 4) is 0 Å². The Morgan fingerprint density at radius 3 is 2.77 bits per heavy atom. The molecule has 1 aromatic heterocycles. The topological polar surface area (TPSA) is 55.0 Å². The lowest BCUT2D eigenvalue weighted by atomic mass is 10.0. The zero-order valence-corrected chi connectivity index (χ0v) is 13.6. The smallest absolute Gasteiger partial charge is 0.222 e. The van der Waals surface area contributed by atoms with Crippen LogP contribution in [0.15, 0.2) is 30.3 Å². The van der Waals surface area contributed by atoms with Crippen molar-refractivity contribution in [3.05, 3.63) is 46.6 Å². The van der Waals surface area contributed by atoms with Crippen LogP contribution in [-0.4, -0.2) is 16.5 Å². The summed E-state index contributed by atoms with van der Waals surface area (Å²) in [5.74, 6) is 1.23. The number of anilines is 2. The van der Waals surface area contributed by atoms with Crippen LogP contribution in [-0.2, 0) is 0 Å². The zero-order chi connectivity index (χ0) is 15.5. The molecule has 116 valence electrons. The second kappa shape index (κ2) is 6.53. The van der Waals surface area contributed by atoms with E-state index in [1.54, 1.807) is 0 Å². The van der Waals surface area contributed by atoms with Gasteiger partial charge in [-0.2, -0.15) is 4.98 Å². The van der Waals surface area contributed by atoms with Gasteiger partial charge in [0.1, 0.15) is 5.82 Å². The van der Waals surface area contributed by atoms with E-state index in [9.17, 15) is 0 Å². The molecule has 0 saturated carbocycles. The van der Waals surface area contributed by atoms with Crippen molar-refractivity contribution in [2.45, 2.75) is 38.6 Å². The molecule has 1 aliphatic heterocycles. The second-order valence-corrected chi connectivity index (χ2v) is 6.21. The van der Waals surface area contributed by atoms with Gasteiger partial charge in [-0.05, 0) is 31.4 Å². The van der Waals surface area contributed by atoms with Gasteiger partial charge >= 0.3 is 0 Å². The molecule has 1 aliphatic rings. The summed E-state index contributed by atoms with van der Waals surface area (Å²) in [5.41, 5.74) is 7.90. The molecule has 0 bridgehead atoms. The van der Waals surface area contributed by atoms with E-state index in [2.05, 4.69) is 20.9 Å². The van der Waals surface area contributed by atoms with E-state index in [0.717, 1.165) is 35.9 Å². The van der Waals surface area contributed by atoms with E-state index in [4.69, 9.17) is 17.3 Å². The molecule has 0 unspecified atom stereocenters. The maximum absolute atomic E-state index is 6.44. The van der Waals surface area contributed by atoms with Crippen molar-refractivity contribution in [1.82, 2.24) is 9.97 Å². The fraction of sp³-hybridized carbons (Fsp3) is 0.412. The molecule has 2 N–H and O–H groups in total. The number of aryl methyl sites for hydroxylation is 1. The highest BCUT2D eigenvalue weighted by Gasteiger charge is 2.25. The molecular formula is C17H21ClN4. The molecule has 2 heterocycles. The Morgan fingerprint density at radius 2 is 2.00 bits per heavy atom. The first-order valence-corrected chi connectivity index (χ1v) is 8.15. The van der Waals surface area contributed by atoms with E-state index >= 15 is 0 Å². The van der Waals surface area contributed by atoms with Crippen molar-refractivity contribution in [1.29, 1.82) is 0 Å². The van der Waals surface area contributed by atoms with Crippen molar-refractivity contribution in [2.75, 3.05) is 17.2 Å². The number of rotatable bonds is 2. The van der Waals surface area contributed by atoms with Crippen LogP contribution in [0.5, 0.6) is 0 Å². The summed E-state index contributed by atoms with van der Waals surface area (Å²) < 4.78 is 0. The molecule has 1 atom stereocenters. The SMILES string of the molecule is Cc1cc(N2CCCCC[C@H]2c2ccccc2Cl)nc(N)n1. The number of hydrogen-bond acceptors (Lipinski definition) is 4. The van der Waals surface area contributed by atoms with Crippen LogP contribution in [0.3, 0.4) is 0 Å². The van der Waals surface area contributed by atoms with Crippen LogP contribution >= 0.6 is 11.6 Å². The average molecular weight is 317 g/mol. The third-order valence-corrected chi connectivity index (χ3v) is 4.51. The Bertz CT molecular complexity index is 639. The fourth-order valence-electron chi connectivity index (χ4n) is 3.17. The molecule has 3 rings (SSSR count). The molecular weight excluding hydrogens is 296 g/mol. The molecule has 1 saturated heterocycles. The number of nitrogens with two attached hydrogens (primary N) is 1. The summed E-state index contributed by atoms with van der Waals surface area (Å²) in [4.78, 5) is 11.0. The van der Waals surface area contributed by atoms with Gasteiger partial charge in [0.05, 0.1) is 6.04 Å². The third kappa shape index (κ3) is 3.17. The maximum atomic E-state index is 6.44. The van der Waals surface area contributed by atoms with Gasteiger partial charge in [0, 0.05) is 23.3 Å². The number of nitrogens with zero attached hydrogens (tertiary/aromatic N) is 3. The quantitative estimate of drug-likeness (QED) is 0.904. The van der Waals surface area contributed by atoms with Gasteiger partial charge in [-0.1, -0.05) is 42.6 Å². The molecule has 1 aromatic carbocycles. The Hall–Kier alpha value is -1.81. The first-order chi connectivity index (χ1) is 10.6. The average Bonchev–Trinajstić information content (AvgIpc) is 2.72. The van der Waals surface area contributed by atoms with Crippen molar-refractivity contribution in [3.63, 3.8) is 0 Å². The lowest BCUT2D eigenvalue weighted by molar-refractivity contribution is 0.596. The highest BCUT2D eigenvalue weighted by molar-refractivity contribution is 6.31. The van der Waals surface area contributed by atoms with Crippen molar-refractivity contribution >= 4 is 23.4 Å². The van der Waals surface area contributed by atoms with Gasteiger partial charge in [0.25, 0.3) is 0 Å². The number of halogens is 1. The van der Waals surface area contributed by atoms with Gasteiger partial charge in [0.2, 0.25) is 5.95 Å². The summed E-state index contributed by atoms with van der Waals surface area (Å²) in [6.45, 7) is 2.91. The van der Waals surface area contributed by atoms with Gasteiger partial charge in [-0.3, -0.25) is 0 Å². The monoisotopic (exact) mass is 316 g/mol. The van der Waals surface area contributed by atoms with Crippen LogP contribution in [0.25, 0.3) is 0 Å². The molecule has 1 fully saturated rings. The summed E-state index contributed by atoms with van der Waals surface area (Å²) >= 11 is 6.44.